The van der Waals surface area contributed by atoms with Crippen LogP contribution >= 0.6 is 11.3 Å². The molecule has 0 aromatic carbocycles. The predicted molar refractivity (Wildman–Crippen MR) is 109 cm³/mol. The Kier molecular flexibility index (Phi) is 4.68. The minimum Gasteiger partial charge on any atom is -0.348 e. The molecule has 148 valence electrons. The zero-order valence-corrected chi connectivity index (χ0v) is 16.6. The van der Waals surface area contributed by atoms with Gasteiger partial charge in [-0.2, -0.15) is 0 Å². The van der Waals surface area contributed by atoms with E-state index < -0.39 is 0 Å². The van der Waals surface area contributed by atoms with Gasteiger partial charge in [0.25, 0.3) is 11.5 Å². The van der Waals surface area contributed by atoms with E-state index in [1.165, 1.54) is 12.8 Å². The van der Waals surface area contributed by atoms with Gasteiger partial charge in [0.05, 0.1) is 12.2 Å². The van der Waals surface area contributed by atoms with E-state index in [0.29, 0.717) is 24.9 Å². The van der Waals surface area contributed by atoms with E-state index in [2.05, 4.69) is 20.5 Å². The maximum absolute atomic E-state index is 12.9. The highest BCUT2D eigenvalue weighted by Gasteiger charge is 2.31. The Morgan fingerprint density at radius 2 is 2.14 bits per heavy atom. The fraction of sp³-hybridized carbons (Fsp3) is 0.550. The van der Waals surface area contributed by atoms with Gasteiger partial charge in [0.1, 0.15) is 5.56 Å². The molecule has 0 saturated carbocycles. The number of fused-ring (bicyclic) bond motifs is 4. The van der Waals surface area contributed by atoms with E-state index in [4.69, 9.17) is 0 Å². The Hall–Kier alpha value is -2.19. The number of aromatic nitrogens is 2. The first-order chi connectivity index (χ1) is 13.7. The van der Waals surface area contributed by atoms with E-state index in [1.807, 2.05) is 16.0 Å². The number of amides is 1. The fourth-order valence-electron chi connectivity index (χ4n) is 4.66. The molecule has 2 N–H and O–H groups in total. The summed E-state index contributed by atoms with van der Waals surface area (Å²) in [5, 5.41) is 9.33. The zero-order chi connectivity index (χ0) is 19.1. The van der Waals surface area contributed by atoms with Gasteiger partial charge >= 0.3 is 0 Å². The van der Waals surface area contributed by atoms with Crippen molar-refractivity contribution in [3.05, 3.63) is 44.8 Å². The minimum atomic E-state index is -0.315. The third-order valence-corrected chi connectivity index (χ3v) is 7.05. The first-order valence-corrected chi connectivity index (χ1v) is 11.0. The van der Waals surface area contributed by atoms with Crippen molar-refractivity contribution >= 4 is 22.4 Å². The van der Waals surface area contributed by atoms with Crippen LogP contribution in [0.2, 0.25) is 0 Å². The lowest BCUT2D eigenvalue weighted by Crippen LogP contribution is -2.46. The van der Waals surface area contributed by atoms with Gasteiger partial charge in [-0.15, -0.1) is 11.3 Å². The quantitative estimate of drug-likeness (QED) is 0.815. The highest BCUT2D eigenvalue weighted by molar-refractivity contribution is 7.13. The zero-order valence-electron chi connectivity index (χ0n) is 15.8. The number of rotatable bonds is 4. The van der Waals surface area contributed by atoms with E-state index in [1.54, 1.807) is 17.4 Å². The molecular formula is C20H25N5O2S. The van der Waals surface area contributed by atoms with Gasteiger partial charge in [-0.1, -0.05) is 0 Å². The van der Waals surface area contributed by atoms with Crippen molar-refractivity contribution in [2.24, 2.45) is 5.92 Å². The molecule has 0 radical (unpaired) electrons. The summed E-state index contributed by atoms with van der Waals surface area (Å²) in [6.07, 6.45) is 3.55. The first-order valence-electron chi connectivity index (χ1n) is 10.1. The number of carbonyl (C=O) groups is 1. The number of piperidine rings is 1. The van der Waals surface area contributed by atoms with Gasteiger partial charge in [-0.25, -0.2) is 4.98 Å². The first kappa shape index (κ1) is 17.9. The topological polar surface area (TPSA) is 79.3 Å². The van der Waals surface area contributed by atoms with Gasteiger partial charge in [-0.05, 0) is 43.9 Å². The van der Waals surface area contributed by atoms with Gasteiger partial charge in [-0.3, -0.25) is 9.59 Å². The third-order valence-electron chi connectivity index (χ3n) is 6.10. The number of hydrogen-bond acceptors (Lipinski definition) is 6. The molecule has 7 nitrogen and oxygen atoms in total. The van der Waals surface area contributed by atoms with Gasteiger partial charge in [0.2, 0.25) is 0 Å². The van der Waals surface area contributed by atoms with Crippen LogP contribution in [0.25, 0.3) is 0 Å². The normalized spacial score (nSPS) is 23.5. The molecule has 3 aliphatic rings. The molecule has 2 bridgehead atoms. The summed E-state index contributed by atoms with van der Waals surface area (Å²) in [5.41, 5.74) is 1.97. The highest BCUT2D eigenvalue weighted by atomic mass is 32.1. The van der Waals surface area contributed by atoms with Crippen molar-refractivity contribution in [1.82, 2.24) is 20.2 Å². The Balaban J connectivity index is 1.29. The Labute approximate surface area is 167 Å². The van der Waals surface area contributed by atoms with Crippen molar-refractivity contribution in [1.29, 1.82) is 0 Å². The lowest BCUT2D eigenvalue weighted by atomic mass is 9.84. The van der Waals surface area contributed by atoms with E-state index in [9.17, 15) is 9.59 Å². The van der Waals surface area contributed by atoms with Crippen molar-refractivity contribution in [3.63, 3.8) is 0 Å². The molecule has 0 aliphatic carbocycles. The summed E-state index contributed by atoms with van der Waals surface area (Å²) in [7, 11) is 0. The molecule has 2 aromatic heterocycles. The standard InChI is InChI=1S/C20H25N5O2S/c26-18(22-10-15-12-28-20(23-15)24-5-1-2-6-24)16-3-4-17-14-7-13(8-21-9-14)11-25(17)19(16)27/h3-4,12-14,21H,1-2,5-11H2,(H,22,26)/t13-,14+/m0/s1. The van der Waals surface area contributed by atoms with Crippen LogP contribution in [-0.4, -0.2) is 41.6 Å². The summed E-state index contributed by atoms with van der Waals surface area (Å²) in [6, 6.07) is 3.65. The second-order valence-electron chi connectivity index (χ2n) is 8.04. The van der Waals surface area contributed by atoms with Gasteiger partial charge in [0, 0.05) is 43.2 Å². The largest absolute Gasteiger partial charge is 0.348 e. The summed E-state index contributed by atoms with van der Waals surface area (Å²) in [4.78, 5) is 32.5. The van der Waals surface area contributed by atoms with Crippen LogP contribution in [0, 0.1) is 5.92 Å². The van der Waals surface area contributed by atoms with Crippen molar-refractivity contribution in [2.75, 3.05) is 31.1 Å². The molecule has 2 fully saturated rings. The van der Waals surface area contributed by atoms with Crippen molar-refractivity contribution < 1.29 is 4.79 Å². The molecule has 5 rings (SSSR count). The van der Waals surface area contributed by atoms with E-state index in [-0.39, 0.29) is 17.0 Å². The van der Waals surface area contributed by atoms with E-state index >= 15 is 0 Å². The second kappa shape index (κ2) is 7.33. The molecule has 2 saturated heterocycles. The van der Waals surface area contributed by atoms with Crippen molar-refractivity contribution in [2.45, 2.75) is 38.3 Å². The van der Waals surface area contributed by atoms with Crippen LogP contribution in [0.4, 0.5) is 5.13 Å². The molecular weight excluding hydrogens is 374 g/mol. The van der Waals surface area contributed by atoms with Crippen LogP contribution in [0.5, 0.6) is 0 Å². The predicted octanol–water partition coefficient (Wildman–Crippen LogP) is 1.54. The van der Waals surface area contributed by atoms with E-state index in [0.717, 1.165) is 49.1 Å². The number of hydrogen-bond donors (Lipinski definition) is 2. The average Bonchev–Trinajstić information content (AvgIpc) is 3.39. The maximum atomic E-state index is 12.9. The summed E-state index contributed by atoms with van der Waals surface area (Å²) >= 11 is 1.62. The number of pyridine rings is 1. The molecule has 8 heteroatoms. The Bertz CT molecular complexity index is 946. The molecule has 0 unspecified atom stereocenters. The summed E-state index contributed by atoms with van der Waals surface area (Å²) < 4.78 is 1.82. The van der Waals surface area contributed by atoms with Crippen LogP contribution in [0.3, 0.4) is 0 Å². The number of nitrogens with one attached hydrogen (secondary N) is 2. The molecule has 3 aliphatic heterocycles. The van der Waals surface area contributed by atoms with Crippen LogP contribution in [0.1, 0.15) is 46.9 Å². The smallest absolute Gasteiger partial charge is 0.263 e. The molecule has 28 heavy (non-hydrogen) atoms. The minimum absolute atomic E-state index is 0.164. The maximum Gasteiger partial charge on any atom is 0.263 e. The number of anilines is 1. The number of nitrogens with zero attached hydrogens (tertiary/aromatic N) is 3. The lowest BCUT2D eigenvalue weighted by Gasteiger charge is -2.37. The van der Waals surface area contributed by atoms with Gasteiger partial charge < -0.3 is 20.1 Å². The summed E-state index contributed by atoms with van der Waals surface area (Å²) in [5.74, 6) is 0.530. The monoisotopic (exact) mass is 399 g/mol. The SMILES string of the molecule is O=C(NCc1csc(N2CCCC2)n1)c1ccc2n(c1=O)C[C@@H]1CNC[C@H]2C1. The number of carbonyl (C=O) groups excluding carboxylic acids is 1. The number of thiazole rings is 1. The highest BCUT2D eigenvalue weighted by Crippen LogP contribution is 2.31. The Morgan fingerprint density at radius 3 is 3.00 bits per heavy atom. The molecule has 1 amide bonds. The molecule has 2 aromatic rings. The average molecular weight is 400 g/mol. The van der Waals surface area contributed by atoms with Crippen LogP contribution < -0.4 is 21.1 Å². The molecule has 5 heterocycles. The van der Waals surface area contributed by atoms with Gasteiger partial charge in [0.15, 0.2) is 5.13 Å². The summed E-state index contributed by atoms with van der Waals surface area (Å²) in [6.45, 7) is 5.02. The molecule has 2 atom stereocenters. The second-order valence-corrected chi connectivity index (χ2v) is 8.88. The third kappa shape index (κ3) is 3.24. The Morgan fingerprint density at radius 1 is 1.29 bits per heavy atom. The van der Waals surface area contributed by atoms with Crippen molar-refractivity contribution in [3.8, 4) is 0 Å². The van der Waals surface area contributed by atoms with Crippen LogP contribution in [0.15, 0.2) is 22.3 Å². The fourth-order valence-corrected chi connectivity index (χ4v) is 5.54. The lowest BCUT2D eigenvalue weighted by molar-refractivity contribution is 0.0947. The molecule has 0 spiro atoms. The van der Waals surface area contributed by atoms with Crippen LogP contribution in [-0.2, 0) is 13.1 Å².